The molecule has 0 aromatic heterocycles. The Morgan fingerprint density at radius 2 is 2.05 bits per heavy atom. The highest BCUT2D eigenvalue weighted by Gasteiger charge is 2.42. The number of nitrogens with one attached hydrogen (secondary N) is 1. The van der Waals surface area contributed by atoms with Crippen molar-refractivity contribution in [1.29, 1.82) is 0 Å². The number of ether oxygens (including phenoxy) is 1. The monoisotopic (exact) mass is 309 g/mol. The standard InChI is InChI=1S/C16H22FNO2.C2H6/c1-3-20-15(19)6-7-16(8-9-16)11-18-14-5-4-12(2)10-13(14)17;1-2/h4-5,10,18H,3,6-9,11H2,1-2H3;1-2H3. The van der Waals surface area contributed by atoms with Gasteiger partial charge >= 0.3 is 5.97 Å². The molecule has 124 valence electrons. The molecule has 1 N–H and O–H groups in total. The van der Waals surface area contributed by atoms with Crippen molar-refractivity contribution < 1.29 is 13.9 Å². The first-order chi connectivity index (χ1) is 10.5. The summed E-state index contributed by atoms with van der Waals surface area (Å²) in [6.07, 6.45) is 3.44. The van der Waals surface area contributed by atoms with Gasteiger partial charge in [-0.2, -0.15) is 0 Å². The van der Waals surface area contributed by atoms with Crippen LogP contribution in [0.5, 0.6) is 0 Å². The highest BCUT2D eigenvalue weighted by atomic mass is 19.1. The Morgan fingerprint density at radius 3 is 2.59 bits per heavy atom. The molecule has 0 aliphatic heterocycles. The number of aryl methyl sites for hydroxylation is 1. The number of esters is 1. The molecule has 0 heterocycles. The van der Waals surface area contributed by atoms with E-state index in [1.54, 1.807) is 6.07 Å². The number of halogens is 1. The van der Waals surface area contributed by atoms with Crippen molar-refractivity contribution in [2.75, 3.05) is 18.5 Å². The number of hydrogen-bond donors (Lipinski definition) is 1. The van der Waals surface area contributed by atoms with Crippen molar-refractivity contribution in [3.8, 4) is 0 Å². The van der Waals surface area contributed by atoms with E-state index in [1.807, 2.05) is 33.8 Å². The molecule has 0 unspecified atom stereocenters. The zero-order chi connectivity index (χ0) is 16.6. The van der Waals surface area contributed by atoms with Gasteiger partial charge in [-0.25, -0.2) is 4.39 Å². The third-order valence-electron chi connectivity index (χ3n) is 3.90. The van der Waals surface area contributed by atoms with Crippen molar-refractivity contribution in [2.24, 2.45) is 5.41 Å². The van der Waals surface area contributed by atoms with E-state index in [1.165, 1.54) is 6.07 Å². The molecule has 0 amide bonds. The first-order valence-corrected chi connectivity index (χ1v) is 8.20. The molecular formula is C18H28FNO2. The SMILES string of the molecule is CC.CCOC(=O)CCC1(CNc2ccc(C)cc2F)CC1. The van der Waals surface area contributed by atoms with Crippen LogP contribution in [0.25, 0.3) is 0 Å². The lowest BCUT2D eigenvalue weighted by molar-refractivity contribution is -0.143. The summed E-state index contributed by atoms with van der Waals surface area (Å²) in [7, 11) is 0. The van der Waals surface area contributed by atoms with Gasteiger partial charge in [0.2, 0.25) is 0 Å². The molecule has 1 aromatic rings. The van der Waals surface area contributed by atoms with Crippen LogP contribution in [0.1, 0.15) is 52.0 Å². The Labute approximate surface area is 133 Å². The summed E-state index contributed by atoms with van der Waals surface area (Å²) in [5, 5.41) is 3.17. The molecule has 0 spiro atoms. The molecule has 1 aliphatic carbocycles. The van der Waals surface area contributed by atoms with Gasteiger partial charge in [0.25, 0.3) is 0 Å². The molecule has 22 heavy (non-hydrogen) atoms. The molecule has 0 atom stereocenters. The van der Waals surface area contributed by atoms with Crippen molar-refractivity contribution in [1.82, 2.24) is 0 Å². The summed E-state index contributed by atoms with van der Waals surface area (Å²) in [5.74, 6) is -0.355. The summed E-state index contributed by atoms with van der Waals surface area (Å²) < 4.78 is 18.7. The summed E-state index contributed by atoms with van der Waals surface area (Å²) in [6, 6.07) is 5.19. The highest BCUT2D eigenvalue weighted by Crippen LogP contribution is 2.49. The predicted octanol–water partition coefficient (Wildman–Crippen LogP) is 4.70. The lowest BCUT2D eigenvalue weighted by atomic mass is 10.00. The van der Waals surface area contributed by atoms with Crippen molar-refractivity contribution in [3.05, 3.63) is 29.6 Å². The van der Waals surface area contributed by atoms with E-state index in [0.29, 0.717) is 25.3 Å². The Balaban J connectivity index is 0.00000116. The second-order valence-corrected chi connectivity index (χ2v) is 5.64. The lowest BCUT2D eigenvalue weighted by Crippen LogP contribution is -2.18. The van der Waals surface area contributed by atoms with E-state index in [4.69, 9.17) is 4.74 Å². The van der Waals surface area contributed by atoms with Crippen LogP contribution in [-0.2, 0) is 9.53 Å². The Bertz CT molecular complexity index is 484. The zero-order valence-electron chi connectivity index (χ0n) is 14.2. The highest BCUT2D eigenvalue weighted by molar-refractivity contribution is 5.69. The number of carbonyl (C=O) groups excluding carboxylic acids is 1. The molecule has 0 saturated heterocycles. The fraction of sp³-hybridized carbons (Fsp3) is 0.611. The van der Waals surface area contributed by atoms with Crippen LogP contribution in [0.15, 0.2) is 18.2 Å². The van der Waals surface area contributed by atoms with Gasteiger partial charge in [0.05, 0.1) is 12.3 Å². The average molecular weight is 309 g/mol. The fourth-order valence-corrected chi connectivity index (χ4v) is 2.34. The van der Waals surface area contributed by atoms with Crippen molar-refractivity contribution in [2.45, 2.75) is 53.4 Å². The summed E-state index contributed by atoms with van der Waals surface area (Å²) in [6.45, 7) is 8.83. The van der Waals surface area contributed by atoms with E-state index in [2.05, 4.69) is 5.32 Å². The molecule has 0 radical (unpaired) electrons. The van der Waals surface area contributed by atoms with Crippen LogP contribution in [0.3, 0.4) is 0 Å². The van der Waals surface area contributed by atoms with Crippen LogP contribution in [-0.4, -0.2) is 19.1 Å². The van der Waals surface area contributed by atoms with Gasteiger partial charge in [-0.15, -0.1) is 0 Å². The summed E-state index contributed by atoms with van der Waals surface area (Å²) in [5.41, 5.74) is 1.60. The van der Waals surface area contributed by atoms with E-state index in [9.17, 15) is 9.18 Å². The molecule has 1 saturated carbocycles. The second kappa shape index (κ2) is 8.76. The molecular weight excluding hydrogens is 281 g/mol. The van der Waals surface area contributed by atoms with Gasteiger partial charge in [-0.05, 0) is 56.2 Å². The smallest absolute Gasteiger partial charge is 0.305 e. The number of hydrogen-bond acceptors (Lipinski definition) is 3. The van der Waals surface area contributed by atoms with Gasteiger partial charge in [-0.3, -0.25) is 4.79 Å². The maximum absolute atomic E-state index is 13.7. The van der Waals surface area contributed by atoms with Crippen molar-refractivity contribution >= 4 is 11.7 Å². The van der Waals surface area contributed by atoms with E-state index < -0.39 is 0 Å². The van der Waals surface area contributed by atoms with E-state index >= 15 is 0 Å². The average Bonchev–Trinajstić information content (AvgIpc) is 3.27. The summed E-state index contributed by atoms with van der Waals surface area (Å²) >= 11 is 0. The third-order valence-corrected chi connectivity index (χ3v) is 3.90. The van der Waals surface area contributed by atoms with Gasteiger partial charge < -0.3 is 10.1 Å². The lowest BCUT2D eigenvalue weighted by Gasteiger charge is -2.17. The van der Waals surface area contributed by atoms with E-state index in [-0.39, 0.29) is 17.2 Å². The quantitative estimate of drug-likeness (QED) is 0.742. The number of anilines is 1. The number of carbonyl (C=O) groups is 1. The van der Waals surface area contributed by atoms with Crippen LogP contribution in [0.4, 0.5) is 10.1 Å². The molecule has 1 fully saturated rings. The maximum atomic E-state index is 13.7. The van der Waals surface area contributed by atoms with Gasteiger partial charge in [-0.1, -0.05) is 19.9 Å². The Hall–Kier alpha value is -1.58. The third kappa shape index (κ3) is 5.66. The van der Waals surface area contributed by atoms with Gasteiger partial charge in [0.1, 0.15) is 5.82 Å². The number of benzene rings is 1. The zero-order valence-corrected chi connectivity index (χ0v) is 14.2. The molecule has 1 aliphatic rings. The number of rotatable bonds is 7. The Morgan fingerprint density at radius 1 is 1.36 bits per heavy atom. The largest absolute Gasteiger partial charge is 0.466 e. The van der Waals surface area contributed by atoms with Crippen LogP contribution in [0.2, 0.25) is 0 Å². The molecule has 1 aromatic carbocycles. The van der Waals surface area contributed by atoms with Crippen molar-refractivity contribution in [3.63, 3.8) is 0 Å². The van der Waals surface area contributed by atoms with Gasteiger partial charge in [0.15, 0.2) is 0 Å². The minimum absolute atomic E-state index is 0.139. The normalized spacial score (nSPS) is 14.6. The van der Waals surface area contributed by atoms with E-state index in [0.717, 1.165) is 24.8 Å². The summed E-state index contributed by atoms with van der Waals surface area (Å²) in [4.78, 5) is 11.4. The molecule has 3 nitrogen and oxygen atoms in total. The predicted molar refractivity (Wildman–Crippen MR) is 88.5 cm³/mol. The second-order valence-electron chi connectivity index (χ2n) is 5.64. The van der Waals surface area contributed by atoms with Crippen LogP contribution >= 0.6 is 0 Å². The first-order valence-electron chi connectivity index (χ1n) is 8.20. The van der Waals surface area contributed by atoms with Gasteiger partial charge in [0, 0.05) is 13.0 Å². The first kappa shape index (κ1) is 18.5. The maximum Gasteiger partial charge on any atom is 0.305 e. The van der Waals surface area contributed by atoms with Crippen LogP contribution < -0.4 is 5.32 Å². The molecule has 2 rings (SSSR count). The minimum atomic E-state index is -0.216. The topological polar surface area (TPSA) is 38.3 Å². The molecule has 4 heteroatoms. The fourth-order valence-electron chi connectivity index (χ4n) is 2.34. The minimum Gasteiger partial charge on any atom is -0.466 e. The van der Waals surface area contributed by atoms with Crippen LogP contribution in [0, 0.1) is 18.2 Å². The molecule has 0 bridgehead atoms. The Kier molecular flexibility index (Phi) is 7.36.